The van der Waals surface area contributed by atoms with Crippen molar-refractivity contribution in [3.05, 3.63) is 0 Å². The fourth-order valence-electron chi connectivity index (χ4n) is 2.68. The summed E-state index contributed by atoms with van der Waals surface area (Å²) < 4.78 is 0. The van der Waals surface area contributed by atoms with Crippen molar-refractivity contribution in [2.75, 3.05) is 12.3 Å². The molecule has 9 N–H and O–H groups in total. The monoisotopic (exact) mass is 463 g/mol. The van der Waals surface area contributed by atoms with Crippen LogP contribution in [0.2, 0.25) is 0 Å². The summed E-state index contributed by atoms with van der Waals surface area (Å²) in [5.74, 6) is -3.26. The van der Waals surface area contributed by atoms with E-state index in [-0.39, 0.29) is 24.5 Å². The highest BCUT2D eigenvalue weighted by Crippen LogP contribution is 2.08. The SMILES string of the molecule is CC(C)CC(NC(=O)C(CCCCN)NC(=O)C(CS)NC(=O)C(N)C(C)O)C(=O)O. The van der Waals surface area contributed by atoms with Crippen molar-refractivity contribution in [3.63, 3.8) is 0 Å². The molecule has 0 radical (unpaired) electrons. The highest BCUT2D eigenvalue weighted by Gasteiger charge is 2.30. The summed E-state index contributed by atoms with van der Waals surface area (Å²) in [6.07, 6.45) is 0.499. The van der Waals surface area contributed by atoms with E-state index in [0.29, 0.717) is 19.4 Å². The number of nitrogens with two attached hydrogens (primary N) is 2. The van der Waals surface area contributed by atoms with Crippen molar-refractivity contribution in [1.82, 2.24) is 16.0 Å². The minimum absolute atomic E-state index is 0.0357. The van der Waals surface area contributed by atoms with Crippen molar-refractivity contribution in [1.29, 1.82) is 0 Å². The Labute approximate surface area is 188 Å². The molecule has 0 saturated heterocycles. The number of carboxylic acid groups (broad SMARTS) is 1. The lowest BCUT2D eigenvalue weighted by Crippen LogP contribution is -2.58. The van der Waals surface area contributed by atoms with Gasteiger partial charge in [0.05, 0.1) is 6.10 Å². The van der Waals surface area contributed by atoms with Crippen molar-refractivity contribution in [3.8, 4) is 0 Å². The molecular weight excluding hydrogens is 426 g/mol. The first-order valence-corrected chi connectivity index (χ1v) is 11.0. The molecule has 3 amide bonds. The van der Waals surface area contributed by atoms with Crippen LogP contribution in [0, 0.1) is 5.92 Å². The Balaban J connectivity index is 5.29. The van der Waals surface area contributed by atoms with Gasteiger partial charge in [0.2, 0.25) is 17.7 Å². The zero-order valence-corrected chi connectivity index (χ0v) is 19.2. The van der Waals surface area contributed by atoms with Gasteiger partial charge in [-0.05, 0) is 45.1 Å². The van der Waals surface area contributed by atoms with Gasteiger partial charge in [0.15, 0.2) is 0 Å². The number of hydrogen-bond acceptors (Lipinski definition) is 8. The molecule has 31 heavy (non-hydrogen) atoms. The Hall–Kier alpha value is -1.89. The molecule has 0 aromatic carbocycles. The van der Waals surface area contributed by atoms with Crippen molar-refractivity contribution >= 4 is 36.3 Å². The van der Waals surface area contributed by atoms with E-state index >= 15 is 0 Å². The van der Waals surface area contributed by atoms with E-state index in [4.69, 9.17) is 11.5 Å². The molecule has 0 saturated carbocycles. The minimum Gasteiger partial charge on any atom is -0.480 e. The fourth-order valence-corrected chi connectivity index (χ4v) is 2.94. The maximum atomic E-state index is 12.7. The zero-order chi connectivity index (χ0) is 24.1. The first-order chi connectivity index (χ1) is 14.4. The third kappa shape index (κ3) is 11.3. The van der Waals surface area contributed by atoms with Gasteiger partial charge < -0.3 is 37.6 Å². The molecule has 180 valence electrons. The highest BCUT2D eigenvalue weighted by atomic mass is 32.1. The topological polar surface area (TPSA) is 197 Å². The highest BCUT2D eigenvalue weighted by molar-refractivity contribution is 7.80. The standard InChI is InChI=1S/C19H37N5O6S/c1-10(2)8-13(19(29)30)23-16(26)12(6-4-5-7-20)22-17(27)14(9-31)24-18(28)15(21)11(3)25/h10-15,25,31H,4-9,20-21H2,1-3H3,(H,22,27)(H,23,26)(H,24,28)(H,29,30). The average molecular weight is 464 g/mol. The van der Waals surface area contributed by atoms with Crippen molar-refractivity contribution in [2.24, 2.45) is 17.4 Å². The first kappa shape index (κ1) is 29.1. The molecule has 12 heteroatoms. The molecule has 0 aliphatic heterocycles. The van der Waals surface area contributed by atoms with Gasteiger partial charge >= 0.3 is 5.97 Å². The van der Waals surface area contributed by atoms with Crippen LogP contribution < -0.4 is 27.4 Å². The smallest absolute Gasteiger partial charge is 0.326 e. The molecule has 0 rings (SSSR count). The van der Waals surface area contributed by atoms with Gasteiger partial charge in [0.1, 0.15) is 24.2 Å². The van der Waals surface area contributed by atoms with Crippen LogP contribution >= 0.6 is 12.6 Å². The predicted octanol–water partition coefficient (Wildman–Crippen LogP) is -1.66. The summed E-state index contributed by atoms with van der Waals surface area (Å²) in [7, 11) is 0. The van der Waals surface area contributed by atoms with Gasteiger partial charge in [-0.3, -0.25) is 14.4 Å². The number of hydrogen-bond donors (Lipinski definition) is 8. The normalized spacial score (nSPS) is 16.0. The number of aliphatic carboxylic acids is 1. The molecule has 0 bridgehead atoms. The van der Waals surface area contributed by atoms with Gasteiger partial charge in [-0.2, -0.15) is 12.6 Å². The number of carbonyl (C=O) groups excluding carboxylic acids is 3. The van der Waals surface area contributed by atoms with Crippen LogP contribution in [-0.4, -0.2) is 76.5 Å². The van der Waals surface area contributed by atoms with Crippen LogP contribution in [0.15, 0.2) is 0 Å². The van der Waals surface area contributed by atoms with Gasteiger partial charge in [-0.25, -0.2) is 4.79 Å². The molecule has 0 aliphatic carbocycles. The Bertz CT molecular complexity index is 604. The van der Waals surface area contributed by atoms with Crippen LogP contribution in [0.4, 0.5) is 0 Å². The molecule has 5 unspecified atom stereocenters. The van der Waals surface area contributed by atoms with Crippen LogP contribution in [-0.2, 0) is 19.2 Å². The summed E-state index contributed by atoms with van der Waals surface area (Å²) >= 11 is 4.06. The summed E-state index contributed by atoms with van der Waals surface area (Å²) in [5, 5.41) is 26.2. The predicted molar refractivity (Wildman–Crippen MR) is 119 cm³/mol. The van der Waals surface area contributed by atoms with Crippen LogP contribution in [0.1, 0.15) is 46.5 Å². The van der Waals surface area contributed by atoms with E-state index in [1.807, 2.05) is 13.8 Å². The zero-order valence-electron chi connectivity index (χ0n) is 18.3. The molecule has 0 fully saturated rings. The second kappa shape index (κ2) is 15.0. The lowest BCUT2D eigenvalue weighted by atomic mass is 10.0. The van der Waals surface area contributed by atoms with Crippen LogP contribution in [0.3, 0.4) is 0 Å². The number of nitrogens with one attached hydrogen (secondary N) is 3. The largest absolute Gasteiger partial charge is 0.480 e. The van der Waals surface area contributed by atoms with Gasteiger partial charge in [0.25, 0.3) is 0 Å². The van der Waals surface area contributed by atoms with Gasteiger partial charge in [-0.15, -0.1) is 0 Å². The molecule has 0 aromatic heterocycles. The number of carboxylic acids is 1. The summed E-state index contributed by atoms with van der Waals surface area (Å²) in [6, 6.07) is -4.44. The van der Waals surface area contributed by atoms with Gasteiger partial charge in [-0.1, -0.05) is 13.8 Å². The second-order valence-electron chi connectivity index (χ2n) is 7.88. The number of amides is 3. The quantitative estimate of drug-likeness (QED) is 0.104. The van der Waals surface area contributed by atoms with Crippen molar-refractivity contribution < 1.29 is 29.4 Å². The Kier molecular flexibility index (Phi) is 14.1. The lowest BCUT2D eigenvalue weighted by molar-refractivity contribution is -0.142. The Morgan fingerprint density at radius 3 is 1.87 bits per heavy atom. The third-order valence-electron chi connectivity index (χ3n) is 4.54. The van der Waals surface area contributed by atoms with Crippen LogP contribution in [0.25, 0.3) is 0 Å². The molecule has 0 heterocycles. The summed E-state index contributed by atoms with van der Waals surface area (Å²) in [6.45, 7) is 5.41. The average Bonchev–Trinajstić information content (AvgIpc) is 2.69. The van der Waals surface area contributed by atoms with E-state index < -0.39 is 54.0 Å². The number of thiol groups is 1. The molecule has 0 spiro atoms. The Morgan fingerprint density at radius 1 is 0.903 bits per heavy atom. The number of aliphatic hydroxyl groups is 1. The van der Waals surface area contributed by atoms with Gasteiger partial charge in [0, 0.05) is 5.75 Å². The minimum atomic E-state index is -1.23. The summed E-state index contributed by atoms with van der Waals surface area (Å²) in [5.41, 5.74) is 11.1. The van der Waals surface area contributed by atoms with E-state index in [0.717, 1.165) is 0 Å². The molecular formula is C19H37N5O6S. The summed E-state index contributed by atoms with van der Waals surface area (Å²) in [4.78, 5) is 48.9. The number of unbranched alkanes of at least 4 members (excludes halogenated alkanes) is 1. The van der Waals surface area contributed by atoms with Crippen molar-refractivity contribution in [2.45, 2.75) is 76.7 Å². The molecule has 0 aromatic rings. The van der Waals surface area contributed by atoms with Crippen LogP contribution in [0.5, 0.6) is 0 Å². The maximum absolute atomic E-state index is 12.7. The number of aliphatic hydroxyl groups excluding tert-OH is 1. The lowest BCUT2D eigenvalue weighted by Gasteiger charge is -2.25. The fraction of sp³-hybridized carbons (Fsp3) is 0.789. The third-order valence-corrected chi connectivity index (χ3v) is 4.90. The van der Waals surface area contributed by atoms with E-state index in [1.165, 1.54) is 6.92 Å². The Morgan fingerprint density at radius 2 is 1.42 bits per heavy atom. The second-order valence-corrected chi connectivity index (χ2v) is 8.25. The first-order valence-electron chi connectivity index (χ1n) is 10.3. The van der Waals surface area contributed by atoms with E-state index in [2.05, 4.69) is 28.6 Å². The number of rotatable bonds is 15. The molecule has 0 aliphatic rings. The number of carbonyl (C=O) groups is 4. The van der Waals surface area contributed by atoms with E-state index in [9.17, 15) is 29.4 Å². The van der Waals surface area contributed by atoms with E-state index in [1.54, 1.807) is 0 Å². The molecule has 11 nitrogen and oxygen atoms in total. The maximum Gasteiger partial charge on any atom is 0.326 e. The molecule has 5 atom stereocenters.